The molecule has 29 heavy (non-hydrogen) atoms. The van der Waals surface area contributed by atoms with Crippen LogP contribution in [-0.2, 0) is 10.0 Å². The monoisotopic (exact) mass is 484 g/mol. The van der Waals surface area contributed by atoms with Crippen LogP contribution in [0.2, 0.25) is 0 Å². The van der Waals surface area contributed by atoms with Gasteiger partial charge in [0.05, 0.1) is 10.6 Å². The van der Waals surface area contributed by atoms with Crippen LogP contribution in [0.15, 0.2) is 98.0 Å². The van der Waals surface area contributed by atoms with Gasteiger partial charge in [0.2, 0.25) is 4.80 Å². The quantitative estimate of drug-likeness (QED) is 0.380. The lowest BCUT2D eigenvalue weighted by molar-refractivity contribution is 0.596. The first-order valence-corrected chi connectivity index (χ1v) is 11.9. The fraction of sp³-hybridized carbons (Fsp3) is 0.0455. The SMILES string of the molecule is Cc1ccc(S(=O)(=O)/N=c2/scc(-c3ccc(Br)cc3)n2-c2ccccc2)cc1. The number of nitrogens with zero attached hydrogens (tertiary/aromatic N) is 2. The van der Waals surface area contributed by atoms with E-state index >= 15 is 0 Å². The smallest absolute Gasteiger partial charge is 0.284 e. The lowest BCUT2D eigenvalue weighted by Gasteiger charge is -2.09. The van der Waals surface area contributed by atoms with Crippen molar-refractivity contribution in [2.24, 2.45) is 4.40 Å². The number of benzene rings is 3. The van der Waals surface area contributed by atoms with Gasteiger partial charge in [-0.2, -0.15) is 8.42 Å². The molecule has 4 nitrogen and oxygen atoms in total. The van der Waals surface area contributed by atoms with Crippen LogP contribution in [0.5, 0.6) is 0 Å². The third-order valence-electron chi connectivity index (χ3n) is 4.38. The van der Waals surface area contributed by atoms with Gasteiger partial charge >= 0.3 is 0 Å². The summed E-state index contributed by atoms with van der Waals surface area (Å²) in [5, 5.41) is 1.93. The van der Waals surface area contributed by atoms with Crippen molar-refractivity contribution in [2.45, 2.75) is 11.8 Å². The molecule has 0 fully saturated rings. The first-order chi connectivity index (χ1) is 13.9. The van der Waals surface area contributed by atoms with Crippen LogP contribution in [0.1, 0.15) is 5.56 Å². The van der Waals surface area contributed by atoms with Gasteiger partial charge in [-0.3, -0.25) is 4.57 Å². The Kier molecular flexibility index (Phi) is 5.54. The van der Waals surface area contributed by atoms with Crippen molar-refractivity contribution in [3.8, 4) is 16.9 Å². The first-order valence-electron chi connectivity index (χ1n) is 8.84. The fourth-order valence-electron chi connectivity index (χ4n) is 2.89. The van der Waals surface area contributed by atoms with Crippen molar-refractivity contribution in [1.82, 2.24) is 4.57 Å². The summed E-state index contributed by atoms with van der Waals surface area (Å²) in [5.41, 5.74) is 3.70. The highest BCUT2D eigenvalue weighted by molar-refractivity contribution is 9.10. The average molecular weight is 485 g/mol. The van der Waals surface area contributed by atoms with Gasteiger partial charge < -0.3 is 0 Å². The number of aryl methyl sites for hydroxylation is 1. The van der Waals surface area contributed by atoms with Crippen LogP contribution in [0.3, 0.4) is 0 Å². The molecule has 146 valence electrons. The molecule has 0 bridgehead atoms. The van der Waals surface area contributed by atoms with E-state index in [1.54, 1.807) is 24.3 Å². The molecule has 3 aromatic carbocycles. The molecular formula is C22H17BrN2O2S2. The van der Waals surface area contributed by atoms with Crippen molar-refractivity contribution < 1.29 is 8.42 Å². The lowest BCUT2D eigenvalue weighted by atomic mass is 10.1. The highest BCUT2D eigenvalue weighted by atomic mass is 79.9. The highest BCUT2D eigenvalue weighted by Gasteiger charge is 2.16. The standard InChI is InChI=1S/C22H17BrN2O2S2/c1-16-7-13-20(14-8-16)29(26,27)24-22-25(19-5-3-2-4-6-19)21(15-28-22)17-9-11-18(23)12-10-17/h2-15H,1H3/b24-22+. The number of hydrogen-bond acceptors (Lipinski definition) is 3. The van der Waals surface area contributed by atoms with Crippen molar-refractivity contribution in [2.75, 3.05) is 0 Å². The molecule has 0 saturated carbocycles. The summed E-state index contributed by atoms with van der Waals surface area (Å²) < 4.78 is 32.8. The van der Waals surface area contributed by atoms with E-state index < -0.39 is 10.0 Å². The molecule has 0 aliphatic rings. The van der Waals surface area contributed by atoms with E-state index in [4.69, 9.17) is 0 Å². The Morgan fingerprint density at radius 1 is 0.897 bits per heavy atom. The fourth-order valence-corrected chi connectivity index (χ4v) is 5.26. The van der Waals surface area contributed by atoms with Crippen LogP contribution < -0.4 is 4.80 Å². The summed E-state index contributed by atoms with van der Waals surface area (Å²) in [7, 11) is -3.83. The third-order valence-corrected chi connectivity index (χ3v) is 7.13. The van der Waals surface area contributed by atoms with E-state index in [9.17, 15) is 8.42 Å². The van der Waals surface area contributed by atoms with E-state index in [0.29, 0.717) is 4.80 Å². The summed E-state index contributed by atoms with van der Waals surface area (Å²) >= 11 is 4.76. The van der Waals surface area contributed by atoms with E-state index in [1.807, 2.05) is 71.5 Å². The maximum absolute atomic E-state index is 12.9. The lowest BCUT2D eigenvalue weighted by Crippen LogP contribution is -2.16. The second-order valence-corrected chi connectivity index (χ2v) is 9.82. The first kappa shape index (κ1) is 19.8. The van der Waals surface area contributed by atoms with Gasteiger partial charge in [-0.1, -0.05) is 64.0 Å². The molecule has 0 aliphatic heterocycles. The van der Waals surface area contributed by atoms with Crippen molar-refractivity contribution >= 4 is 37.3 Å². The van der Waals surface area contributed by atoms with Gasteiger partial charge in [-0.05, 0) is 48.9 Å². The minimum absolute atomic E-state index is 0.182. The van der Waals surface area contributed by atoms with Gasteiger partial charge in [0, 0.05) is 15.5 Å². The molecule has 4 rings (SSSR count). The van der Waals surface area contributed by atoms with Gasteiger partial charge in [0.15, 0.2) is 0 Å². The molecule has 0 N–H and O–H groups in total. The predicted octanol–water partition coefficient (Wildman–Crippen LogP) is 5.57. The Balaban J connectivity index is 1.93. The summed E-state index contributed by atoms with van der Waals surface area (Å²) in [6, 6.07) is 24.3. The van der Waals surface area contributed by atoms with Crippen LogP contribution in [0.25, 0.3) is 16.9 Å². The summed E-state index contributed by atoms with van der Waals surface area (Å²) in [5.74, 6) is 0. The van der Waals surface area contributed by atoms with E-state index in [2.05, 4.69) is 20.3 Å². The molecule has 7 heteroatoms. The summed E-state index contributed by atoms with van der Waals surface area (Å²) in [6.45, 7) is 1.92. The van der Waals surface area contributed by atoms with Crippen molar-refractivity contribution in [1.29, 1.82) is 0 Å². The molecule has 1 heterocycles. The largest absolute Gasteiger partial charge is 0.285 e. The predicted molar refractivity (Wildman–Crippen MR) is 121 cm³/mol. The van der Waals surface area contributed by atoms with Gasteiger partial charge in [-0.25, -0.2) is 0 Å². The van der Waals surface area contributed by atoms with Crippen LogP contribution in [0.4, 0.5) is 0 Å². The van der Waals surface area contributed by atoms with Gasteiger partial charge in [-0.15, -0.1) is 15.7 Å². The zero-order valence-electron chi connectivity index (χ0n) is 15.5. The number of halogens is 1. The highest BCUT2D eigenvalue weighted by Crippen LogP contribution is 2.25. The average Bonchev–Trinajstić information content (AvgIpc) is 3.12. The Bertz CT molecular complexity index is 1310. The molecule has 1 aromatic heterocycles. The maximum atomic E-state index is 12.9. The molecular weight excluding hydrogens is 468 g/mol. The van der Waals surface area contributed by atoms with Crippen LogP contribution >= 0.6 is 27.3 Å². The van der Waals surface area contributed by atoms with Crippen LogP contribution in [-0.4, -0.2) is 13.0 Å². The van der Waals surface area contributed by atoms with Crippen LogP contribution in [0, 0.1) is 6.92 Å². The number of rotatable bonds is 4. The molecule has 0 unspecified atom stereocenters. The summed E-state index contributed by atoms with van der Waals surface area (Å²) in [6.07, 6.45) is 0. The number of aromatic nitrogens is 1. The maximum Gasteiger partial charge on any atom is 0.285 e. The zero-order valence-corrected chi connectivity index (χ0v) is 18.7. The van der Waals surface area contributed by atoms with Crippen molar-refractivity contribution in [3.63, 3.8) is 0 Å². The third kappa shape index (κ3) is 4.27. The molecule has 0 aliphatic carbocycles. The Morgan fingerprint density at radius 3 is 2.21 bits per heavy atom. The molecule has 4 aromatic rings. The number of hydrogen-bond donors (Lipinski definition) is 0. The Labute approximate surface area is 182 Å². The van der Waals surface area contributed by atoms with Gasteiger partial charge in [0.25, 0.3) is 10.0 Å². The van der Waals surface area contributed by atoms with E-state index in [1.165, 1.54) is 11.3 Å². The molecule has 0 radical (unpaired) electrons. The minimum atomic E-state index is -3.83. The van der Waals surface area contributed by atoms with E-state index in [0.717, 1.165) is 27.0 Å². The molecule has 0 spiro atoms. The molecule has 0 saturated heterocycles. The Hall–Kier alpha value is -2.48. The summed E-state index contributed by atoms with van der Waals surface area (Å²) in [4.78, 5) is 0.580. The number of thiazole rings is 1. The normalized spacial score (nSPS) is 12.3. The number of sulfonamides is 1. The number of para-hydroxylation sites is 1. The molecule has 0 amide bonds. The zero-order chi connectivity index (χ0) is 20.4. The molecule has 0 atom stereocenters. The topological polar surface area (TPSA) is 51.4 Å². The Morgan fingerprint density at radius 2 is 1.55 bits per heavy atom. The van der Waals surface area contributed by atoms with Crippen molar-refractivity contribution in [3.05, 3.63) is 99.1 Å². The second kappa shape index (κ2) is 8.10. The van der Waals surface area contributed by atoms with Gasteiger partial charge in [0.1, 0.15) is 0 Å². The minimum Gasteiger partial charge on any atom is -0.284 e. The van der Waals surface area contributed by atoms with E-state index in [-0.39, 0.29) is 4.90 Å². The second-order valence-electron chi connectivity index (χ2n) is 6.46.